The highest BCUT2D eigenvalue weighted by Gasteiger charge is 2.19. The van der Waals surface area contributed by atoms with Crippen LogP contribution in [0.15, 0.2) is 85.6 Å². The van der Waals surface area contributed by atoms with Gasteiger partial charge in [-0.3, -0.25) is 9.69 Å². The largest absolute Gasteiger partial charge is 0.369 e. The van der Waals surface area contributed by atoms with Crippen LogP contribution in [0.4, 0.5) is 31.8 Å². The Morgan fingerprint density at radius 3 is 2.53 bits per heavy atom. The predicted octanol–water partition coefficient (Wildman–Crippen LogP) is 6.04. The van der Waals surface area contributed by atoms with Gasteiger partial charge in [0.1, 0.15) is 0 Å². The molecule has 0 radical (unpaired) electrons. The molecule has 0 spiro atoms. The lowest BCUT2D eigenvalue weighted by molar-refractivity contribution is -0.111. The van der Waals surface area contributed by atoms with Crippen LogP contribution >= 0.6 is 0 Å². The van der Waals surface area contributed by atoms with Gasteiger partial charge in [0.05, 0.1) is 12.1 Å². The third-order valence-corrected chi connectivity index (χ3v) is 6.49. The number of rotatable bonds is 8. The van der Waals surface area contributed by atoms with Crippen LogP contribution in [0.3, 0.4) is 0 Å². The zero-order valence-electron chi connectivity index (χ0n) is 20.8. The zero-order chi connectivity index (χ0) is 26.5. The first-order valence-corrected chi connectivity index (χ1v) is 12.4. The topological polar surface area (TPSA) is 73.4 Å². The summed E-state index contributed by atoms with van der Waals surface area (Å²) in [5.74, 6) is 0.198. The van der Waals surface area contributed by atoms with Crippen molar-refractivity contribution in [1.82, 2.24) is 14.9 Å². The van der Waals surface area contributed by atoms with E-state index in [1.165, 1.54) is 6.08 Å². The van der Waals surface area contributed by atoms with E-state index in [-0.39, 0.29) is 15.3 Å². The highest BCUT2D eigenvalue weighted by atomic mass is 19.3. The van der Waals surface area contributed by atoms with Gasteiger partial charge < -0.3 is 15.5 Å². The average molecular weight is 519 g/mol. The summed E-state index contributed by atoms with van der Waals surface area (Å²) in [5, 5.41) is 6.97. The highest BCUT2D eigenvalue weighted by molar-refractivity contribution is 6.00. The van der Waals surface area contributed by atoms with E-state index in [1.807, 2.05) is 66.7 Å². The number of carbonyl (C=O) groups is 1. The molecule has 0 aliphatic carbocycles. The average Bonchev–Trinajstić information content (AvgIpc) is 2.93. The van der Waals surface area contributed by atoms with Crippen LogP contribution in [-0.4, -0.2) is 59.9 Å². The van der Waals surface area contributed by atoms with Crippen molar-refractivity contribution in [3.63, 3.8) is 0 Å². The van der Waals surface area contributed by atoms with E-state index in [2.05, 4.69) is 27.1 Å². The standard InChI is InChI=1S/C29H28F2N6O.2H2/c1-2-27(38)33-23-7-3-5-20(17-23)25-8-4-6-21-18-32-29(35-28(21)25)34-22-9-11-24(12-10-22)37-15-13-36(14-16-37)19-26(30)31;;/h2-12,17-18,26H,1,13-16,19H2,(H,33,38)(H,32,34,35);2*1H. The lowest BCUT2D eigenvalue weighted by atomic mass is 10.0. The Hall–Kier alpha value is -4.37. The van der Waals surface area contributed by atoms with Crippen molar-refractivity contribution < 1.29 is 16.4 Å². The molecule has 1 aromatic heterocycles. The summed E-state index contributed by atoms with van der Waals surface area (Å²) in [4.78, 5) is 25.0. The van der Waals surface area contributed by atoms with Gasteiger partial charge in [-0.05, 0) is 48.0 Å². The lowest BCUT2D eigenvalue weighted by Crippen LogP contribution is -2.47. The van der Waals surface area contributed by atoms with Crippen molar-refractivity contribution in [3.05, 3.63) is 85.6 Å². The molecule has 1 saturated heterocycles. The molecule has 0 bridgehead atoms. The number of amides is 1. The molecular weight excluding hydrogens is 486 g/mol. The summed E-state index contributed by atoms with van der Waals surface area (Å²) in [6, 6.07) is 21.4. The zero-order valence-corrected chi connectivity index (χ0v) is 20.8. The molecule has 5 rings (SSSR count). The lowest BCUT2D eigenvalue weighted by Gasteiger charge is -2.35. The molecule has 198 valence electrons. The Labute approximate surface area is 222 Å². The monoisotopic (exact) mass is 518 g/mol. The number of hydrogen-bond donors (Lipinski definition) is 2. The fourth-order valence-electron chi connectivity index (χ4n) is 4.58. The van der Waals surface area contributed by atoms with Gasteiger partial charge in [-0.2, -0.15) is 0 Å². The van der Waals surface area contributed by atoms with Gasteiger partial charge in [-0.25, -0.2) is 18.7 Å². The van der Waals surface area contributed by atoms with Gasteiger partial charge in [0.2, 0.25) is 11.9 Å². The molecule has 38 heavy (non-hydrogen) atoms. The van der Waals surface area contributed by atoms with Gasteiger partial charge in [-0.15, -0.1) is 0 Å². The van der Waals surface area contributed by atoms with Crippen LogP contribution < -0.4 is 15.5 Å². The third kappa shape index (κ3) is 5.95. The Kier molecular flexibility index (Phi) is 7.55. The van der Waals surface area contributed by atoms with E-state index >= 15 is 0 Å². The molecular formula is C29H32F2N6O. The first-order chi connectivity index (χ1) is 18.5. The van der Waals surface area contributed by atoms with Crippen molar-refractivity contribution in [3.8, 4) is 11.1 Å². The van der Waals surface area contributed by atoms with Crippen molar-refractivity contribution in [2.75, 3.05) is 48.3 Å². The summed E-state index contributed by atoms with van der Waals surface area (Å²) in [7, 11) is 0. The van der Waals surface area contributed by atoms with Crippen LogP contribution in [0.2, 0.25) is 0 Å². The number of carbonyl (C=O) groups excluding carboxylic acids is 1. The molecule has 1 aliphatic rings. The molecule has 0 atom stereocenters. The molecule has 0 unspecified atom stereocenters. The maximum Gasteiger partial charge on any atom is 0.251 e. The first-order valence-electron chi connectivity index (χ1n) is 12.4. The molecule has 1 fully saturated rings. The number of hydrogen-bond acceptors (Lipinski definition) is 6. The van der Waals surface area contributed by atoms with Crippen LogP contribution in [-0.2, 0) is 4.79 Å². The van der Waals surface area contributed by atoms with Gasteiger partial charge in [0, 0.05) is 63.2 Å². The number of para-hydroxylation sites is 1. The van der Waals surface area contributed by atoms with Gasteiger partial charge in [0.25, 0.3) is 6.43 Å². The summed E-state index contributed by atoms with van der Waals surface area (Å²) in [6.45, 7) is 6.02. The number of anilines is 4. The maximum atomic E-state index is 12.6. The third-order valence-electron chi connectivity index (χ3n) is 6.49. The molecule has 4 aromatic rings. The van der Waals surface area contributed by atoms with Gasteiger partial charge >= 0.3 is 0 Å². The molecule has 1 aliphatic heterocycles. The van der Waals surface area contributed by atoms with Gasteiger partial charge in [0.15, 0.2) is 0 Å². The van der Waals surface area contributed by atoms with E-state index in [0.717, 1.165) is 33.4 Å². The smallest absolute Gasteiger partial charge is 0.251 e. The molecule has 9 heteroatoms. The van der Waals surface area contributed by atoms with Crippen molar-refractivity contribution in [1.29, 1.82) is 0 Å². The quantitative estimate of drug-likeness (QED) is 0.277. The number of halogens is 2. The van der Waals surface area contributed by atoms with Crippen LogP contribution in [0.1, 0.15) is 2.85 Å². The minimum absolute atomic E-state index is 0. The Balaban J connectivity index is 0.00000220. The molecule has 2 heterocycles. The summed E-state index contributed by atoms with van der Waals surface area (Å²) < 4.78 is 25.3. The number of alkyl halides is 2. The number of nitrogens with one attached hydrogen (secondary N) is 2. The van der Waals surface area contributed by atoms with E-state index in [4.69, 9.17) is 4.98 Å². The first kappa shape index (κ1) is 25.3. The molecule has 1 amide bonds. The van der Waals surface area contributed by atoms with E-state index in [9.17, 15) is 13.6 Å². The second kappa shape index (κ2) is 11.4. The van der Waals surface area contributed by atoms with Crippen molar-refractivity contribution >= 4 is 39.8 Å². The summed E-state index contributed by atoms with van der Waals surface area (Å²) >= 11 is 0. The number of aromatic nitrogens is 2. The van der Waals surface area contributed by atoms with Crippen LogP contribution in [0.5, 0.6) is 0 Å². The second-order valence-corrected chi connectivity index (χ2v) is 9.06. The number of benzene rings is 3. The Morgan fingerprint density at radius 2 is 1.79 bits per heavy atom. The molecule has 7 nitrogen and oxygen atoms in total. The fourth-order valence-corrected chi connectivity index (χ4v) is 4.58. The van der Waals surface area contributed by atoms with Crippen LogP contribution in [0.25, 0.3) is 22.0 Å². The Bertz CT molecular complexity index is 1450. The van der Waals surface area contributed by atoms with Crippen LogP contribution in [0, 0.1) is 0 Å². The summed E-state index contributed by atoms with van der Waals surface area (Å²) in [6.07, 6.45) is 0.722. The Morgan fingerprint density at radius 1 is 1.03 bits per heavy atom. The normalized spacial score (nSPS) is 14.0. The minimum Gasteiger partial charge on any atom is -0.369 e. The second-order valence-electron chi connectivity index (χ2n) is 9.06. The van der Waals surface area contributed by atoms with Gasteiger partial charge in [-0.1, -0.05) is 36.9 Å². The predicted molar refractivity (Wildman–Crippen MR) is 152 cm³/mol. The molecule has 2 N–H and O–H groups in total. The highest BCUT2D eigenvalue weighted by Crippen LogP contribution is 2.30. The SMILES string of the molecule is C=CC(=O)Nc1cccc(-c2cccc3cnc(Nc4ccc(N5CCN(CC(F)F)CC5)cc4)nc23)c1.[HH].[HH]. The number of nitrogens with zero attached hydrogens (tertiary/aromatic N) is 4. The van der Waals surface area contributed by atoms with E-state index in [0.29, 0.717) is 37.8 Å². The minimum atomic E-state index is -2.30. The number of fused-ring (bicyclic) bond motifs is 1. The van der Waals surface area contributed by atoms with E-state index in [1.54, 1.807) is 11.1 Å². The molecule has 0 saturated carbocycles. The van der Waals surface area contributed by atoms with E-state index < -0.39 is 6.43 Å². The number of piperazine rings is 1. The van der Waals surface area contributed by atoms with Crippen molar-refractivity contribution in [2.24, 2.45) is 0 Å². The summed E-state index contributed by atoms with van der Waals surface area (Å²) in [5.41, 5.74) is 5.19. The molecule has 3 aromatic carbocycles. The van der Waals surface area contributed by atoms with Crippen molar-refractivity contribution in [2.45, 2.75) is 6.43 Å². The fraction of sp³-hybridized carbons (Fsp3) is 0.207. The maximum absolute atomic E-state index is 12.6.